The van der Waals surface area contributed by atoms with Crippen LogP contribution in [0.5, 0.6) is 5.75 Å². The highest BCUT2D eigenvalue weighted by atomic mass is 32.2. The standard InChI is InChI=1S/C21H23N3O3S/c1-4-16-10-5-6-11-17(16)22-18(25)13-28-21-24-23-19(27-21)12-26-20-14(2)8-7-9-15(20)3/h5-11H,4,12-13H2,1-3H3,(H,22,25). The number of hydrogen-bond donors (Lipinski definition) is 1. The van der Waals surface area contributed by atoms with Gasteiger partial charge in [0.05, 0.1) is 5.75 Å². The Balaban J connectivity index is 1.51. The van der Waals surface area contributed by atoms with Crippen LogP contribution in [0, 0.1) is 13.8 Å². The van der Waals surface area contributed by atoms with Crippen molar-refractivity contribution in [3.63, 3.8) is 0 Å². The van der Waals surface area contributed by atoms with Crippen LogP contribution in [0.3, 0.4) is 0 Å². The monoisotopic (exact) mass is 397 g/mol. The molecule has 0 fully saturated rings. The van der Waals surface area contributed by atoms with E-state index in [2.05, 4.69) is 22.4 Å². The lowest BCUT2D eigenvalue weighted by atomic mass is 10.1. The highest BCUT2D eigenvalue weighted by Crippen LogP contribution is 2.24. The molecule has 0 saturated carbocycles. The lowest BCUT2D eigenvalue weighted by Gasteiger charge is -2.09. The van der Waals surface area contributed by atoms with Crippen molar-refractivity contribution in [1.82, 2.24) is 10.2 Å². The van der Waals surface area contributed by atoms with Crippen LogP contribution in [-0.4, -0.2) is 21.9 Å². The van der Waals surface area contributed by atoms with Gasteiger partial charge < -0.3 is 14.5 Å². The predicted molar refractivity (Wildman–Crippen MR) is 110 cm³/mol. The molecule has 0 radical (unpaired) electrons. The SMILES string of the molecule is CCc1ccccc1NC(=O)CSc1nnc(COc2c(C)cccc2C)o1. The zero-order valence-corrected chi connectivity index (χ0v) is 17.0. The number of benzene rings is 2. The third-order valence-corrected chi connectivity index (χ3v) is 5.01. The van der Waals surface area contributed by atoms with Crippen LogP contribution in [-0.2, 0) is 17.8 Å². The maximum absolute atomic E-state index is 12.2. The summed E-state index contributed by atoms with van der Waals surface area (Å²) in [5.74, 6) is 1.28. The summed E-state index contributed by atoms with van der Waals surface area (Å²) < 4.78 is 11.4. The Hall–Kier alpha value is -2.80. The molecule has 2 aromatic carbocycles. The highest BCUT2D eigenvalue weighted by Gasteiger charge is 2.12. The third-order valence-electron chi connectivity index (χ3n) is 4.20. The largest absolute Gasteiger partial charge is 0.483 e. The van der Waals surface area contributed by atoms with E-state index in [4.69, 9.17) is 9.15 Å². The van der Waals surface area contributed by atoms with E-state index in [1.165, 1.54) is 11.8 Å². The summed E-state index contributed by atoms with van der Waals surface area (Å²) in [5.41, 5.74) is 4.05. The number of carbonyl (C=O) groups is 1. The van der Waals surface area contributed by atoms with Gasteiger partial charge in [-0.2, -0.15) is 0 Å². The van der Waals surface area contributed by atoms with Crippen LogP contribution >= 0.6 is 11.8 Å². The molecule has 0 saturated heterocycles. The number of para-hydroxylation sites is 2. The number of carbonyl (C=O) groups excluding carboxylic acids is 1. The van der Waals surface area contributed by atoms with Crippen molar-refractivity contribution in [1.29, 1.82) is 0 Å². The minimum absolute atomic E-state index is 0.113. The van der Waals surface area contributed by atoms with E-state index >= 15 is 0 Å². The lowest BCUT2D eigenvalue weighted by molar-refractivity contribution is -0.113. The number of anilines is 1. The highest BCUT2D eigenvalue weighted by molar-refractivity contribution is 7.99. The van der Waals surface area contributed by atoms with Gasteiger partial charge in [0.1, 0.15) is 5.75 Å². The molecule has 3 aromatic rings. The van der Waals surface area contributed by atoms with Crippen molar-refractivity contribution in [3.8, 4) is 5.75 Å². The van der Waals surface area contributed by atoms with Gasteiger partial charge in [-0.1, -0.05) is 55.1 Å². The van der Waals surface area contributed by atoms with Crippen LogP contribution in [0.2, 0.25) is 0 Å². The molecule has 0 unspecified atom stereocenters. The first kappa shape index (κ1) is 19.9. The molecule has 1 amide bonds. The molecule has 0 aliphatic rings. The normalized spacial score (nSPS) is 10.7. The second-order valence-electron chi connectivity index (χ2n) is 6.32. The Kier molecular flexibility index (Phi) is 6.71. The zero-order chi connectivity index (χ0) is 19.9. The van der Waals surface area contributed by atoms with E-state index in [9.17, 15) is 4.79 Å². The maximum Gasteiger partial charge on any atom is 0.277 e. The minimum atomic E-state index is -0.113. The van der Waals surface area contributed by atoms with E-state index < -0.39 is 0 Å². The molecular formula is C21H23N3O3S. The van der Waals surface area contributed by atoms with Crippen molar-refractivity contribution in [2.24, 2.45) is 0 Å². The Morgan fingerprint density at radius 1 is 1.11 bits per heavy atom. The summed E-state index contributed by atoms with van der Waals surface area (Å²) in [7, 11) is 0. The average molecular weight is 398 g/mol. The van der Waals surface area contributed by atoms with Crippen LogP contribution in [0.4, 0.5) is 5.69 Å². The summed E-state index contributed by atoms with van der Waals surface area (Å²) in [6.07, 6.45) is 0.858. The first-order chi connectivity index (χ1) is 13.6. The maximum atomic E-state index is 12.2. The molecule has 6 nitrogen and oxygen atoms in total. The fourth-order valence-electron chi connectivity index (χ4n) is 2.78. The average Bonchev–Trinajstić information content (AvgIpc) is 3.14. The van der Waals surface area contributed by atoms with Gasteiger partial charge in [0.25, 0.3) is 11.1 Å². The van der Waals surface area contributed by atoms with E-state index in [1.54, 1.807) is 0 Å². The number of thioether (sulfide) groups is 1. The molecule has 0 bridgehead atoms. The molecule has 1 heterocycles. The lowest BCUT2D eigenvalue weighted by Crippen LogP contribution is -2.15. The molecule has 146 valence electrons. The summed E-state index contributed by atoms with van der Waals surface area (Å²) in [6.45, 7) is 6.23. The number of hydrogen-bond acceptors (Lipinski definition) is 6. The number of aromatic nitrogens is 2. The Labute approximate surface area is 168 Å². The third kappa shape index (κ3) is 5.13. The molecule has 0 aliphatic heterocycles. The van der Waals surface area contributed by atoms with Gasteiger partial charge in [-0.25, -0.2) is 0 Å². The minimum Gasteiger partial charge on any atom is -0.483 e. The van der Waals surface area contributed by atoms with E-state index in [0.29, 0.717) is 11.1 Å². The molecule has 1 aromatic heterocycles. The predicted octanol–water partition coefficient (Wildman–Crippen LogP) is 4.56. The van der Waals surface area contributed by atoms with Gasteiger partial charge in [-0.3, -0.25) is 4.79 Å². The van der Waals surface area contributed by atoms with Gasteiger partial charge in [-0.15, -0.1) is 10.2 Å². The fourth-order valence-corrected chi connectivity index (χ4v) is 3.36. The van der Waals surface area contributed by atoms with Crippen LogP contribution in [0.15, 0.2) is 52.1 Å². The summed E-state index contributed by atoms with van der Waals surface area (Å²) in [4.78, 5) is 12.2. The molecule has 7 heteroatoms. The van der Waals surface area contributed by atoms with Crippen LogP contribution in [0.1, 0.15) is 29.5 Å². The van der Waals surface area contributed by atoms with Crippen molar-refractivity contribution >= 4 is 23.4 Å². The molecule has 28 heavy (non-hydrogen) atoms. The number of aryl methyl sites for hydroxylation is 3. The van der Waals surface area contributed by atoms with Gasteiger partial charge in [0, 0.05) is 5.69 Å². The molecule has 0 aliphatic carbocycles. The second-order valence-corrected chi connectivity index (χ2v) is 7.25. The molecule has 0 atom stereocenters. The zero-order valence-electron chi connectivity index (χ0n) is 16.2. The van der Waals surface area contributed by atoms with E-state index in [1.807, 2.05) is 56.3 Å². The van der Waals surface area contributed by atoms with Crippen molar-refractivity contribution in [3.05, 3.63) is 65.0 Å². The summed E-state index contributed by atoms with van der Waals surface area (Å²) in [6, 6.07) is 13.7. The second kappa shape index (κ2) is 9.41. The van der Waals surface area contributed by atoms with Gasteiger partial charge in [-0.05, 0) is 43.0 Å². The molecular weight excluding hydrogens is 374 g/mol. The summed E-state index contributed by atoms with van der Waals surface area (Å²) in [5, 5.41) is 11.2. The topological polar surface area (TPSA) is 77.2 Å². The fraction of sp³-hybridized carbons (Fsp3) is 0.286. The first-order valence-electron chi connectivity index (χ1n) is 9.08. The summed E-state index contributed by atoms with van der Waals surface area (Å²) >= 11 is 1.20. The number of amides is 1. The number of nitrogens with one attached hydrogen (secondary N) is 1. The number of nitrogens with zero attached hydrogens (tertiary/aromatic N) is 2. The van der Waals surface area contributed by atoms with Gasteiger partial charge >= 0.3 is 0 Å². The molecule has 1 N–H and O–H groups in total. The number of ether oxygens (including phenoxy) is 1. The molecule has 3 rings (SSSR count). The van der Waals surface area contributed by atoms with Crippen LogP contribution < -0.4 is 10.1 Å². The molecule has 0 spiro atoms. The quantitative estimate of drug-likeness (QED) is 0.562. The first-order valence-corrected chi connectivity index (χ1v) is 10.1. The van der Waals surface area contributed by atoms with E-state index in [-0.39, 0.29) is 18.3 Å². The Morgan fingerprint density at radius 3 is 2.61 bits per heavy atom. The van der Waals surface area contributed by atoms with Crippen molar-refractivity contribution in [2.75, 3.05) is 11.1 Å². The smallest absolute Gasteiger partial charge is 0.277 e. The number of rotatable bonds is 8. The Morgan fingerprint density at radius 2 is 1.86 bits per heavy atom. The van der Waals surface area contributed by atoms with Crippen molar-refractivity contribution in [2.45, 2.75) is 39.0 Å². The Bertz CT molecular complexity index is 935. The van der Waals surface area contributed by atoms with E-state index in [0.717, 1.165) is 34.5 Å². The van der Waals surface area contributed by atoms with Gasteiger partial charge in [0.15, 0.2) is 6.61 Å². The van der Waals surface area contributed by atoms with Crippen molar-refractivity contribution < 1.29 is 13.9 Å². The van der Waals surface area contributed by atoms with Gasteiger partial charge in [0.2, 0.25) is 5.91 Å². The van der Waals surface area contributed by atoms with Crippen LogP contribution in [0.25, 0.3) is 0 Å².